The molecular weight excluding hydrogens is 284 g/mol. The predicted octanol–water partition coefficient (Wildman–Crippen LogP) is 2.58. The van der Waals surface area contributed by atoms with Crippen molar-refractivity contribution in [2.24, 2.45) is 0 Å². The van der Waals surface area contributed by atoms with Gasteiger partial charge in [-0.1, -0.05) is 29.4 Å². The quantitative estimate of drug-likeness (QED) is 0.804. The lowest BCUT2D eigenvalue weighted by Gasteiger charge is -2.00. The summed E-state index contributed by atoms with van der Waals surface area (Å²) in [7, 11) is 0. The van der Waals surface area contributed by atoms with Crippen molar-refractivity contribution in [1.29, 1.82) is 0 Å². The number of hydrogen-bond donors (Lipinski definition) is 1. The lowest BCUT2D eigenvalue weighted by atomic mass is 10.1. The monoisotopic (exact) mass is 298 g/mol. The first-order valence-electron chi connectivity index (χ1n) is 6.87. The molecule has 3 aromatic rings. The van der Waals surface area contributed by atoms with Gasteiger partial charge in [-0.3, -0.25) is 0 Å². The van der Waals surface area contributed by atoms with Crippen LogP contribution >= 0.6 is 11.3 Å². The van der Waals surface area contributed by atoms with Gasteiger partial charge in [0.05, 0.1) is 12.1 Å². The van der Waals surface area contributed by atoms with Gasteiger partial charge in [0, 0.05) is 11.3 Å². The highest BCUT2D eigenvalue weighted by Crippen LogP contribution is 2.32. The zero-order valence-electron chi connectivity index (χ0n) is 11.3. The molecule has 0 unspecified atom stereocenters. The van der Waals surface area contributed by atoms with Crippen molar-refractivity contribution in [3.05, 3.63) is 58.2 Å². The number of thiazole rings is 1. The summed E-state index contributed by atoms with van der Waals surface area (Å²) in [5, 5.41) is 6.63. The van der Waals surface area contributed by atoms with Crippen LogP contribution in [0.2, 0.25) is 0 Å². The first-order chi connectivity index (χ1) is 10.3. The molecule has 0 radical (unpaired) electrons. The molecular formula is C15H14N4OS. The molecule has 106 valence electrons. The number of hydrogen-bond acceptors (Lipinski definition) is 6. The Hall–Kier alpha value is -2.21. The largest absolute Gasteiger partial charge is 0.375 e. The molecule has 5 nitrogen and oxygen atoms in total. The number of nitrogens with zero attached hydrogens (tertiary/aromatic N) is 3. The van der Waals surface area contributed by atoms with Crippen LogP contribution in [0.5, 0.6) is 0 Å². The molecule has 6 heteroatoms. The highest BCUT2D eigenvalue weighted by molar-refractivity contribution is 7.13. The Morgan fingerprint density at radius 3 is 2.62 bits per heavy atom. The van der Waals surface area contributed by atoms with Crippen LogP contribution < -0.4 is 5.73 Å². The van der Waals surface area contributed by atoms with Gasteiger partial charge in [0.1, 0.15) is 0 Å². The first kappa shape index (κ1) is 12.5. The molecule has 0 amide bonds. The molecule has 2 N–H and O–H groups in total. The van der Waals surface area contributed by atoms with E-state index in [0.717, 1.165) is 24.4 Å². The summed E-state index contributed by atoms with van der Waals surface area (Å²) in [6.07, 6.45) is 2.51. The van der Waals surface area contributed by atoms with Crippen molar-refractivity contribution in [3.8, 4) is 0 Å². The molecule has 0 saturated heterocycles. The molecule has 21 heavy (non-hydrogen) atoms. The van der Waals surface area contributed by atoms with Crippen molar-refractivity contribution >= 4 is 16.5 Å². The number of nitrogen functional groups attached to an aromatic ring is 1. The van der Waals surface area contributed by atoms with Gasteiger partial charge in [-0.15, -0.1) is 11.3 Å². The van der Waals surface area contributed by atoms with E-state index >= 15 is 0 Å². The van der Waals surface area contributed by atoms with Crippen LogP contribution in [-0.4, -0.2) is 15.1 Å². The maximum atomic E-state index is 5.63. The molecule has 0 aliphatic heterocycles. The zero-order valence-corrected chi connectivity index (χ0v) is 12.1. The molecule has 0 fully saturated rings. The summed E-state index contributed by atoms with van der Waals surface area (Å²) in [5.74, 6) is 1.72. The van der Waals surface area contributed by atoms with E-state index in [-0.39, 0.29) is 0 Å². The normalized spacial score (nSPS) is 14.5. The fraction of sp³-hybridized carbons (Fsp3) is 0.267. The first-order valence-corrected chi connectivity index (χ1v) is 7.75. The predicted molar refractivity (Wildman–Crippen MR) is 80.2 cm³/mol. The Bertz CT molecular complexity index is 754. The van der Waals surface area contributed by atoms with Gasteiger partial charge in [-0.25, -0.2) is 4.98 Å². The van der Waals surface area contributed by atoms with E-state index in [9.17, 15) is 0 Å². The SMILES string of the molecule is Nc1nc(Cc2nc(C3Cc4ccccc4C3)no2)cs1. The Morgan fingerprint density at radius 2 is 1.95 bits per heavy atom. The summed E-state index contributed by atoms with van der Waals surface area (Å²) in [4.78, 5) is 8.74. The summed E-state index contributed by atoms with van der Waals surface area (Å²) in [5.41, 5.74) is 9.28. The van der Waals surface area contributed by atoms with Gasteiger partial charge in [-0.05, 0) is 24.0 Å². The highest BCUT2D eigenvalue weighted by atomic mass is 32.1. The second kappa shape index (κ2) is 4.96. The molecule has 0 spiro atoms. The standard InChI is InChI=1S/C15H14N4OS/c16-15-17-12(8-21-15)7-13-18-14(19-20-13)11-5-9-3-1-2-4-10(9)6-11/h1-4,8,11H,5-7H2,(H2,16,17). The summed E-state index contributed by atoms with van der Waals surface area (Å²) < 4.78 is 5.35. The van der Waals surface area contributed by atoms with E-state index in [1.54, 1.807) is 0 Å². The molecule has 2 heterocycles. The molecule has 2 aromatic heterocycles. The topological polar surface area (TPSA) is 77.8 Å². The Morgan fingerprint density at radius 1 is 1.19 bits per heavy atom. The van der Waals surface area contributed by atoms with Crippen LogP contribution in [-0.2, 0) is 19.3 Å². The van der Waals surface area contributed by atoms with E-state index < -0.39 is 0 Å². The molecule has 1 aliphatic rings. The number of anilines is 1. The fourth-order valence-electron chi connectivity index (χ4n) is 2.81. The molecule has 4 rings (SSSR count). The molecule has 1 aromatic carbocycles. The minimum Gasteiger partial charge on any atom is -0.375 e. The van der Waals surface area contributed by atoms with E-state index in [4.69, 9.17) is 10.3 Å². The van der Waals surface area contributed by atoms with Crippen molar-refractivity contribution < 1.29 is 4.52 Å². The number of nitrogens with two attached hydrogens (primary N) is 1. The lowest BCUT2D eigenvalue weighted by Crippen LogP contribution is -2.00. The minimum atomic E-state index is 0.320. The lowest BCUT2D eigenvalue weighted by molar-refractivity contribution is 0.375. The van der Waals surface area contributed by atoms with Gasteiger partial charge in [0.2, 0.25) is 5.89 Å². The Labute approximate surface area is 125 Å². The van der Waals surface area contributed by atoms with Gasteiger partial charge in [-0.2, -0.15) is 4.98 Å². The molecule has 1 aliphatic carbocycles. The van der Waals surface area contributed by atoms with E-state index in [1.807, 2.05) is 5.38 Å². The average Bonchev–Trinajstić information content (AvgIpc) is 3.18. The van der Waals surface area contributed by atoms with E-state index in [2.05, 4.69) is 39.4 Å². The highest BCUT2D eigenvalue weighted by Gasteiger charge is 2.26. The third kappa shape index (κ3) is 2.42. The molecule has 0 bridgehead atoms. The molecule has 0 saturated carbocycles. The van der Waals surface area contributed by atoms with Crippen LogP contribution in [0.4, 0.5) is 5.13 Å². The van der Waals surface area contributed by atoms with Crippen molar-refractivity contribution in [2.75, 3.05) is 5.73 Å². The summed E-state index contributed by atoms with van der Waals surface area (Å²) in [6.45, 7) is 0. The van der Waals surface area contributed by atoms with Crippen LogP contribution in [0.1, 0.15) is 34.5 Å². The van der Waals surface area contributed by atoms with Gasteiger partial charge >= 0.3 is 0 Å². The van der Waals surface area contributed by atoms with Gasteiger partial charge < -0.3 is 10.3 Å². The second-order valence-corrected chi connectivity index (χ2v) is 6.16. The van der Waals surface area contributed by atoms with Crippen LogP contribution in [0.3, 0.4) is 0 Å². The maximum Gasteiger partial charge on any atom is 0.232 e. The number of fused-ring (bicyclic) bond motifs is 1. The Balaban J connectivity index is 1.51. The van der Waals surface area contributed by atoms with Gasteiger partial charge in [0.15, 0.2) is 11.0 Å². The Kier molecular flexibility index (Phi) is 2.96. The average molecular weight is 298 g/mol. The van der Waals surface area contributed by atoms with E-state index in [1.165, 1.54) is 22.5 Å². The summed E-state index contributed by atoms with van der Waals surface area (Å²) >= 11 is 1.42. The van der Waals surface area contributed by atoms with E-state index in [0.29, 0.717) is 23.4 Å². The number of aromatic nitrogens is 3. The van der Waals surface area contributed by atoms with Crippen molar-refractivity contribution in [3.63, 3.8) is 0 Å². The number of benzene rings is 1. The zero-order chi connectivity index (χ0) is 14.2. The van der Waals surface area contributed by atoms with Crippen LogP contribution in [0.15, 0.2) is 34.2 Å². The van der Waals surface area contributed by atoms with Crippen molar-refractivity contribution in [1.82, 2.24) is 15.1 Å². The third-order valence-electron chi connectivity index (χ3n) is 3.80. The molecule has 0 atom stereocenters. The van der Waals surface area contributed by atoms with Crippen molar-refractivity contribution in [2.45, 2.75) is 25.2 Å². The van der Waals surface area contributed by atoms with Crippen LogP contribution in [0.25, 0.3) is 0 Å². The number of rotatable bonds is 3. The van der Waals surface area contributed by atoms with Gasteiger partial charge in [0.25, 0.3) is 0 Å². The smallest absolute Gasteiger partial charge is 0.232 e. The second-order valence-electron chi connectivity index (χ2n) is 5.27. The summed E-state index contributed by atoms with van der Waals surface area (Å²) in [6, 6.07) is 8.51. The third-order valence-corrected chi connectivity index (χ3v) is 4.52. The fourth-order valence-corrected chi connectivity index (χ4v) is 3.37. The van der Waals surface area contributed by atoms with Crippen LogP contribution in [0, 0.1) is 0 Å². The maximum absolute atomic E-state index is 5.63. The minimum absolute atomic E-state index is 0.320.